The Kier molecular flexibility index (Phi) is 5.02. The van der Waals surface area contributed by atoms with E-state index in [1.807, 2.05) is 6.92 Å². The largest absolute Gasteiger partial charge is 0.368 e. The van der Waals surface area contributed by atoms with Crippen molar-refractivity contribution in [2.45, 2.75) is 52.5 Å². The molecule has 1 unspecified atom stereocenters. The number of nitrogen functional groups attached to an aromatic ring is 1. The Morgan fingerprint density at radius 1 is 1.44 bits per heavy atom. The summed E-state index contributed by atoms with van der Waals surface area (Å²) < 4.78 is 0. The third kappa shape index (κ3) is 4.04. The van der Waals surface area contributed by atoms with E-state index in [9.17, 15) is 0 Å². The zero-order valence-corrected chi connectivity index (χ0v) is 10.5. The van der Waals surface area contributed by atoms with Crippen LogP contribution in [0.4, 0.5) is 11.8 Å². The molecule has 16 heavy (non-hydrogen) atoms. The SMILES string of the molecule is CCCCCC(C)Nc1nc(N)ncc1C. The van der Waals surface area contributed by atoms with Crippen molar-refractivity contribution in [3.8, 4) is 0 Å². The molecule has 4 heteroatoms. The molecular formula is C12H22N4. The van der Waals surface area contributed by atoms with Crippen molar-refractivity contribution in [1.82, 2.24) is 9.97 Å². The molecule has 0 aliphatic rings. The molecule has 0 radical (unpaired) electrons. The predicted molar refractivity (Wildman–Crippen MR) is 68.4 cm³/mol. The van der Waals surface area contributed by atoms with Gasteiger partial charge in [-0.2, -0.15) is 4.98 Å². The van der Waals surface area contributed by atoms with Crippen LogP contribution in [0.1, 0.15) is 45.1 Å². The summed E-state index contributed by atoms with van der Waals surface area (Å²) in [5.41, 5.74) is 6.60. The summed E-state index contributed by atoms with van der Waals surface area (Å²) in [6.45, 7) is 6.38. The minimum absolute atomic E-state index is 0.328. The molecule has 0 amide bonds. The van der Waals surface area contributed by atoms with Gasteiger partial charge in [0.05, 0.1) is 0 Å². The molecule has 4 nitrogen and oxygen atoms in total. The van der Waals surface area contributed by atoms with Gasteiger partial charge in [-0.1, -0.05) is 26.2 Å². The Morgan fingerprint density at radius 3 is 2.88 bits per heavy atom. The predicted octanol–water partition coefficient (Wildman–Crippen LogP) is 2.75. The molecule has 1 aromatic heterocycles. The number of aryl methyl sites for hydroxylation is 1. The van der Waals surface area contributed by atoms with Gasteiger partial charge in [-0.3, -0.25) is 0 Å². The monoisotopic (exact) mass is 222 g/mol. The first-order chi connectivity index (χ1) is 7.63. The van der Waals surface area contributed by atoms with Crippen molar-refractivity contribution in [1.29, 1.82) is 0 Å². The van der Waals surface area contributed by atoms with E-state index in [-0.39, 0.29) is 0 Å². The molecule has 0 aliphatic carbocycles. The molecule has 0 fully saturated rings. The quantitative estimate of drug-likeness (QED) is 0.726. The molecule has 0 bridgehead atoms. The maximum Gasteiger partial charge on any atom is 0.221 e. The van der Waals surface area contributed by atoms with Crippen LogP contribution in [-0.4, -0.2) is 16.0 Å². The first-order valence-corrected chi connectivity index (χ1v) is 5.99. The van der Waals surface area contributed by atoms with E-state index in [4.69, 9.17) is 5.73 Å². The van der Waals surface area contributed by atoms with E-state index in [1.54, 1.807) is 6.20 Å². The van der Waals surface area contributed by atoms with Crippen LogP contribution in [0.15, 0.2) is 6.20 Å². The zero-order chi connectivity index (χ0) is 12.0. The molecule has 0 spiro atoms. The van der Waals surface area contributed by atoms with E-state index >= 15 is 0 Å². The second-order valence-corrected chi connectivity index (χ2v) is 4.30. The minimum atomic E-state index is 0.328. The maximum absolute atomic E-state index is 5.56. The lowest BCUT2D eigenvalue weighted by atomic mass is 10.1. The summed E-state index contributed by atoms with van der Waals surface area (Å²) in [5, 5.41) is 3.38. The normalized spacial score (nSPS) is 12.4. The highest BCUT2D eigenvalue weighted by atomic mass is 15.1. The lowest BCUT2D eigenvalue weighted by Crippen LogP contribution is -2.17. The minimum Gasteiger partial charge on any atom is -0.368 e. The lowest BCUT2D eigenvalue weighted by Gasteiger charge is -2.15. The molecule has 1 atom stereocenters. The van der Waals surface area contributed by atoms with Crippen LogP contribution in [-0.2, 0) is 0 Å². The number of hydrogen-bond donors (Lipinski definition) is 2. The number of aromatic nitrogens is 2. The van der Waals surface area contributed by atoms with Gasteiger partial charge in [0.1, 0.15) is 5.82 Å². The third-order valence-corrected chi connectivity index (χ3v) is 2.61. The molecule has 0 saturated heterocycles. The highest BCUT2D eigenvalue weighted by Gasteiger charge is 2.06. The van der Waals surface area contributed by atoms with E-state index in [0.29, 0.717) is 12.0 Å². The summed E-state index contributed by atoms with van der Waals surface area (Å²) in [6, 6.07) is 0.430. The average molecular weight is 222 g/mol. The Hall–Kier alpha value is -1.32. The number of anilines is 2. The fraction of sp³-hybridized carbons (Fsp3) is 0.667. The van der Waals surface area contributed by atoms with Gasteiger partial charge in [0.2, 0.25) is 5.95 Å². The Labute approximate surface area is 97.7 Å². The number of hydrogen-bond acceptors (Lipinski definition) is 4. The summed E-state index contributed by atoms with van der Waals surface area (Å²) in [4.78, 5) is 8.15. The third-order valence-electron chi connectivity index (χ3n) is 2.61. The van der Waals surface area contributed by atoms with Crippen molar-refractivity contribution in [3.05, 3.63) is 11.8 Å². The molecule has 3 N–H and O–H groups in total. The van der Waals surface area contributed by atoms with Crippen LogP contribution >= 0.6 is 0 Å². The van der Waals surface area contributed by atoms with Gasteiger partial charge in [-0.15, -0.1) is 0 Å². The summed E-state index contributed by atoms with van der Waals surface area (Å²) >= 11 is 0. The van der Waals surface area contributed by atoms with Gasteiger partial charge in [0.15, 0.2) is 0 Å². The molecule has 0 aliphatic heterocycles. The number of nitrogens with one attached hydrogen (secondary N) is 1. The summed E-state index contributed by atoms with van der Waals surface area (Å²) in [5.74, 6) is 1.19. The summed E-state index contributed by atoms with van der Waals surface area (Å²) in [6.07, 6.45) is 6.72. The molecular weight excluding hydrogens is 200 g/mol. The van der Waals surface area contributed by atoms with Crippen LogP contribution in [0, 0.1) is 6.92 Å². The topological polar surface area (TPSA) is 63.8 Å². The van der Waals surface area contributed by atoms with Crippen molar-refractivity contribution in [2.24, 2.45) is 0 Å². The van der Waals surface area contributed by atoms with Gasteiger partial charge >= 0.3 is 0 Å². The lowest BCUT2D eigenvalue weighted by molar-refractivity contribution is 0.613. The van der Waals surface area contributed by atoms with E-state index in [2.05, 4.69) is 29.1 Å². The molecule has 1 heterocycles. The average Bonchev–Trinajstić information content (AvgIpc) is 2.24. The van der Waals surface area contributed by atoms with Crippen molar-refractivity contribution < 1.29 is 0 Å². The number of rotatable bonds is 6. The van der Waals surface area contributed by atoms with Crippen LogP contribution in [0.2, 0.25) is 0 Å². The van der Waals surface area contributed by atoms with Crippen molar-refractivity contribution in [2.75, 3.05) is 11.1 Å². The van der Waals surface area contributed by atoms with Crippen molar-refractivity contribution >= 4 is 11.8 Å². The van der Waals surface area contributed by atoms with Gasteiger partial charge in [-0.05, 0) is 20.3 Å². The van der Waals surface area contributed by atoms with Crippen LogP contribution in [0.25, 0.3) is 0 Å². The maximum atomic E-state index is 5.56. The molecule has 0 aromatic carbocycles. The second kappa shape index (κ2) is 6.30. The summed E-state index contributed by atoms with van der Waals surface area (Å²) in [7, 11) is 0. The number of unbranched alkanes of at least 4 members (excludes halogenated alkanes) is 2. The van der Waals surface area contributed by atoms with Crippen LogP contribution < -0.4 is 11.1 Å². The number of nitrogens with zero attached hydrogens (tertiary/aromatic N) is 2. The first kappa shape index (κ1) is 12.7. The standard InChI is InChI=1S/C12H22N4/c1-4-5-6-7-10(3)15-11-9(2)8-14-12(13)16-11/h8,10H,4-7H2,1-3H3,(H3,13,14,15,16). The first-order valence-electron chi connectivity index (χ1n) is 5.99. The van der Waals surface area contributed by atoms with Crippen LogP contribution in [0.5, 0.6) is 0 Å². The zero-order valence-electron chi connectivity index (χ0n) is 10.5. The second-order valence-electron chi connectivity index (χ2n) is 4.30. The number of nitrogens with two attached hydrogens (primary N) is 1. The fourth-order valence-electron chi connectivity index (χ4n) is 1.61. The Balaban J connectivity index is 2.48. The van der Waals surface area contributed by atoms with Gasteiger partial charge in [0, 0.05) is 17.8 Å². The fourth-order valence-corrected chi connectivity index (χ4v) is 1.61. The Morgan fingerprint density at radius 2 is 2.19 bits per heavy atom. The van der Waals surface area contributed by atoms with Crippen LogP contribution in [0.3, 0.4) is 0 Å². The highest BCUT2D eigenvalue weighted by molar-refractivity contribution is 5.45. The van der Waals surface area contributed by atoms with E-state index in [0.717, 1.165) is 17.8 Å². The smallest absolute Gasteiger partial charge is 0.221 e. The van der Waals surface area contributed by atoms with Gasteiger partial charge < -0.3 is 11.1 Å². The van der Waals surface area contributed by atoms with Gasteiger partial charge in [0.25, 0.3) is 0 Å². The molecule has 1 rings (SSSR count). The van der Waals surface area contributed by atoms with E-state index in [1.165, 1.54) is 19.3 Å². The van der Waals surface area contributed by atoms with E-state index < -0.39 is 0 Å². The molecule has 90 valence electrons. The van der Waals surface area contributed by atoms with Gasteiger partial charge in [-0.25, -0.2) is 4.98 Å². The Bertz CT molecular complexity index is 325. The molecule has 0 saturated carbocycles. The molecule has 1 aromatic rings. The van der Waals surface area contributed by atoms with Crippen molar-refractivity contribution in [3.63, 3.8) is 0 Å². The highest BCUT2D eigenvalue weighted by Crippen LogP contribution is 2.14.